The smallest absolute Gasteiger partial charge is 0.339 e. The molecule has 4 nitrogen and oxygen atoms in total. The van der Waals surface area contributed by atoms with Crippen LogP contribution in [0.5, 0.6) is 0 Å². The zero-order chi connectivity index (χ0) is 15.0. The molecule has 0 amide bonds. The van der Waals surface area contributed by atoms with Gasteiger partial charge in [-0.3, -0.25) is 0 Å². The number of carbonyl (C=O) groups is 2. The van der Waals surface area contributed by atoms with Crippen molar-refractivity contribution >= 4 is 20.7 Å². The molecule has 20 heavy (non-hydrogen) atoms. The van der Waals surface area contributed by atoms with Crippen molar-refractivity contribution in [3.05, 3.63) is 48.0 Å². The maximum absolute atomic E-state index is 12.0. The Balaban J connectivity index is 2.76. The second kappa shape index (κ2) is 8.32. The molecule has 5 heteroatoms. The van der Waals surface area contributed by atoms with Crippen LogP contribution in [0, 0.1) is 0 Å². The highest BCUT2D eigenvalue weighted by Crippen LogP contribution is 2.12. The summed E-state index contributed by atoms with van der Waals surface area (Å²) in [4.78, 5) is 23.8. The molecular formula is C15H19O4Si. The molecule has 0 spiro atoms. The largest absolute Gasteiger partial charge is 0.462 e. The molecule has 0 fully saturated rings. The Bertz CT molecular complexity index is 483. The van der Waals surface area contributed by atoms with Crippen LogP contribution in [-0.2, 0) is 9.47 Å². The van der Waals surface area contributed by atoms with Crippen LogP contribution in [-0.4, -0.2) is 33.9 Å². The fraction of sp³-hybridized carbons (Fsp3) is 0.333. The number of hydrogen-bond donors (Lipinski definition) is 0. The fourth-order valence-electron chi connectivity index (χ4n) is 1.48. The Morgan fingerprint density at radius 1 is 1.15 bits per heavy atom. The molecule has 0 aromatic heterocycles. The van der Waals surface area contributed by atoms with Gasteiger partial charge in [0.2, 0.25) is 0 Å². The van der Waals surface area contributed by atoms with E-state index in [0.717, 1.165) is 6.04 Å². The quantitative estimate of drug-likeness (QED) is 0.440. The third-order valence-electron chi connectivity index (χ3n) is 2.53. The van der Waals surface area contributed by atoms with Gasteiger partial charge in [-0.05, 0) is 18.2 Å². The van der Waals surface area contributed by atoms with E-state index >= 15 is 0 Å². The summed E-state index contributed by atoms with van der Waals surface area (Å²) >= 11 is 0. The summed E-state index contributed by atoms with van der Waals surface area (Å²) in [6.07, 6.45) is 1.48. The number of rotatable bonds is 7. The number of hydrogen-bond acceptors (Lipinski definition) is 4. The molecule has 0 aliphatic rings. The van der Waals surface area contributed by atoms with Crippen molar-refractivity contribution in [2.45, 2.75) is 19.1 Å². The number of ether oxygens (including phenoxy) is 2. The summed E-state index contributed by atoms with van der Waals surface area (Å²) < 4.78 is 10.1. The van der Waals surface area contributed by atoms with Crippen LogP contribution in [0.25, 0.3) is 0 Å². The molecule has 107 valence electrons. The van der Waals surface area contributed by atoms with Crippen LogP contribution in [0.2, 0.25) is 19.1 Å². The van der Waals surface area contributed by atoms with Crippen molar-refractivity contribution in [1.29, 1.82) is 0 Å². The van der Waals surface area contributed by atoms with E-state index in [1.54, 1.807) is 24.3 Å². The molecule has 0 unspecified atom stereocenters. The van der Waals surface area contributed by atoms with E-state index in [9.17, 15) is 9.59 Å². The standard InChI is InChI=1S/C15H19O4Si/c1-4-9-18-14(16)12-7-5-6-8-13(12)15(17)19-10-11-20(2)3/h4-8H,1,9-11H2,2-3H3. The minimum atomic E-state index is -0.548. The monoisotopic (exact) mass is 291 g/mol. The molecule has 0 saturated heterocycles. The van der Waals surface area contributed by atoms with Gasteiger partial charge in [-0.1, -0.05) is 37.9 Å². The lowest BCUT2D eigenvalue weighted by molar-refractivity contribution is 0.0489. The normalized spacial score (nSPS) is 10.2. The van der Waals surface area contributed by atoms with Crippen molar-refractivity contribution in [3.8, 4) is 0 Å². The first-order valence-electron chi connectivity index (χ1n) is 6.39. The first kappa shape index (κ1) is 16.2. The molecule has 0 saturated carbocycles. The second-order valence-corrected chi connectivity index (χ2v) is 7.44. The van der Waals surface area contributed by atoms with E-state index in [1.807, 2.05) is 0 Å². The molecule has 0 aliphatic heterocycles. The van der Waals surface area contributed by atoms with Crippen LogP contribution < -0.4 is 0 Å². The van der Waals surface area contributed by atoms with E-state index in [1.165, 1.54) is 6.08 Å². The first-order valence-corrected chi connectivity index (χ1v) is 9.10. The summed E-state index contributed by atoms with van der Waals surface area (Å²) in [6, 6.07) is 7.38. The predicted octanol–water partition coefficient (Wildman–Crippen LogP) is 2.94. The lowest BCUT2D eigenvalue weighted by Gasteiger charge is -2.09. The van der Waals surface area contributed by atoms with Gasteiger partial charge in [-0.2, -0.15) is 0 Å². The van der Waals surface area contributed by atoms with Gasteiger partial charge in [-0.25, -0.2) is 9.59 Å². The Kier molecular flexibility index (Phi) is 6.73. The molecule has 0 bridgehead atoms. The molecule has 1 rings (SSSR count). The van der Waals surface area contributed by atoms with Crippen molar-refractivity contribution in [1.82, 2.24) is 0 Å². The molecule has 1 aromatic rings. The van der Waals surface area contributed by atoms with Crippen molar-refractivity contribution in [2.75, 3.05) is 13.2 Å². The summed E-state index contributed by atoms with van der Waals surface area (Å²) in [5.41, 5.74) is 0.459. The molecule has 0 atom stereocenters. The van der Waals surface area contributed by atoms with Crippen LogP contribution in [0.3, 0.4) is 0 Å². The summed E-state index contributed by atoms with van der Waals surface area (Å²) in [5.74, 6) is -1.03. The molecular weight excluding hydrogens is 272 g/mol. The zero-order valence-corrected chi connectivity index (χ0v) is 12.8. The number of esters is 2. The minimum absolute atomic E-state index is 0.111. The first-order chi connectivity index (χ1) is 9.56. The lowest BCUT2D eigenvalue weighted by Crippen LogP contribution is -2.15. The average molecular weight is 291 g/mol. The topological polar surface area (TPSA) is 52.6 Å². The van der Waals surface area contributed by atoms with Gasteiger partial charge in [0.15, 0.2) is 0 Å². The van der Waals surface area contributed by atoms with Crippen LogP contribution in [0.1, 0.15) is 20.7 Å². The highest BCUT2D eigenvalue weighted by molar-refractivity contribution is 6.55. The molecule has 1 radical (unpaired) electrons. The third-order valence-corrected chi connectivity index (χ3v) is 3.74. The Morgan fingerprint density at radius 2 is 1.70 bits per heavy atom. The van der Waals surface area contributed by atoms with Crippen LogP contribution >= 0.6 is 0 Å². The zero-order valence-electron chi connectivity index (χ0n) is 11.8. The Morgan fingerprint density at radius 3 is 2.20 bits per heavy atom. The van der Waals surface area contributed by atoms with E-state index in [-0.39, 0.29) is 17.7 Å². The molecule has 0 heterocycles. The van der Waals surface area contributed by atoms with Gasteiger partial charge >= 0.3 is 11.9 Å². The van der Waals surface area contributed by atoms with Gasteiger partial charge in [-0.15, -0.1) is 0 Å². The van der Waals surface area contributed by atoms with Crippen molar-refractivity contribution < 1.29 is 19.1 Å². The van der Waals surface area contributed by atoms with Crippen molar-refractivity contribution in [2.24, 2.45) is 0 Å². The predicted molar refractivity (Wildman–Crippen MR) is 79.5 cm³/mol. The average Bonchev–Trinajstić information content (AvgIpc) is 2.44. The van der Waals surface area contributed by atoms with E-state index in [4.69, 9.17) is 9.47 Å². The second-order valence-electron chi connectivity index (χ2n) is 4.53. The summed E-state index contributed by atoms with van der Waals surface area (Å²) in [6.45, 7) is 8.27. The lowest BCUT2D eigenvalue weighted by atomic mass is 10.1. The maximum atomic E-state index is 12.0. The highest BCUT2D eigenvalue weighted by Gasteiger charge is 2.18. The molecule has 0 N–H and O–H groups in total. The van der Waals surface area contributed by atoms with Gasteiger partial charge in [0.1, 0.15) is 6.61 Å². The van der Waals surface area contributed by atoms with Gasteiger partial charge in [0.25, 0.3) is 0 Å². The van der Waals surface area contributed by atoms with E-state index in [0.29, 0.717) is 6.61 Å². The van der Waals surface area contributed by atoms with Gasteiger partial charge in [0, 0.05) is 8.80 Å². The number of benzene rings is 1. The SMILES string of the molecule is C=CCOC(=O)c1ccccc1C(=O)OCC[Si](C)C. The Hall–Kier alpha value is -1.88. The highest BCUT2D eigenvalue weighted by atomic mass is 28.3. The maximum Gasteiger partial charge on any atom is 0.339 e. The molecule has 0 aliphatic carbocycles. The summed E-state index contributed by atoms with van der Waals surface area (Å²) in [7, 11) is -0.429. The van der Waals surface area contributed by atoms with E-state index < -0.39 is 20.7 Å². The van der Waals surface area contributed by atoms with Crippen LogP contribution in [0.4, 0.5) is 0 Å². The van der Waals surface area contributed by atoms with Crippen LogP contribution in [0.15, 0.2) is 36.9 Å². The summed E-state index contributed by atoms with van der Waals surface area (Å²) in [5, 5.41) is 0. The number of carbonyl (C=O) groups excluding carboxylic acids is 2. The van der Waals surface area contributed by atoms with E-state index in [2.05, 4.69) is 19.7 Å². The minimum Gasteiger partial charge on any atom is -0.462 e. The van der Waals surface area contributed by atoms with Gasteiger partial charge < -0.3 is 9.47 Å². The Labute approximate surface area is 121 Å². The fourth-order valence-corrected chi connectivity index (χ4v) is 1.99. The van der Waals surface area contributed by atoms with Crippen molar-refractivity contribution in [3.63, 3.8) is 0 Å². The van der Waals surface area contributed by atoms with Gasteiger partial charge in [0.05, 0.1) is 17.7 Å². The molecule has 1 aromatic carbocycles. The third kappa shape index (κ3) is 5.01.